The Kier molecular flexibility index (Phi) is 3.55. The van der Waals surface area contributed by atoms with Crippen LogP contribution < -0.4 is 0 Å². The van der Waals surface area contributed by atoms with Gasteiger partial charge < -0.3 is 0 Å². The quantitative estimate of drug-likeness (QED) is 0.235. The maximum Gasteiger partial charge on any atom is 0.0788 e. The van der Waals surface area contributed by atoms with Gasteiger partial charge in [-0.05, 0) is 30.3 Å². The molecular formula is C25H14BrNS. The monoisotopic (exact) mass is 439 g/mol. The van der Waals surface area contributed by atoms with Crippen LogP contribution in [0.2, 0.25) is 0 Å². The molecule has 0 unspecified atom stereocenters. The lowest BCUT2D eigenvalue weighted by Gasteiger charge is -2.11. The van der Waals surface area contributed by atoms with Crippen LogP contribution >= 0.6 is 27.3 Å². The smallest absolute Gasteiger partial charge is 0.0788 e. The van der Waals surface area contributed by atoms with Crippen molar-refractivity contribution in [3.63, 3.8) is 0 Å². The van der Waals surface area contributed by atoms with Crippen LogP contribution in [0.1, 0.15) is 0 Å². The van der Waals surface area contributed by atoms with Crippen molar-refractivity contribution >= 4 is 69.1 Å². The van der Waals surface area contributed by atoms with E-state index in [9.17, 15) is 0 Å². The molecule has 6 aromatic rings. The van der Waals surface area contributed by atoms with E-state index in [4.69, 9.17) is 4.98 Å². The Hall–Kier alpha value is -2.75. The zero-order valence-electron chi connectivity index (χ0n) is 14.8. The minimum absolute atomic E-state index is 1.04. The second-order valence-electron chi connectivity index (χ2n) is 6.94. The van der Waals surface area contributed by atoms with E-state index in [0.717, 1.165) is 21.2 Å². The van der Waals surface area contributed by atoms with Gasteiger partial charge in [-0.3, -0.25) is 0 Å². The molecule has 0 radical (unpaired) electrons. The molecule has 0 aliphatic heterocycles. The lowest BCUT2D eigenvalue weighted by Crippen LogP contribution is -1.90. The minimum atomic E-state index is 1.04. The van der Waals surface area contributed by atoms with Gasteiger partial charge in [0.05, 0.1) is 11.2 Å². The largest absolute Gasteiger partial charge is 0.247 e. The standard InChI is InChI=1S/C25H14BrNS/c26-16-11-9-15(10-12-16)25-19-13-14-22-24(18-6-2-4-8-21(18)28-22)23(19)17-5-1-3-7-20(17)27-25/h1-14H. The van der Waals surface area contributed by atoms with E-state index < -0.39 is 0 Å². The SMILES string of the molecule is Brc1ccc(-c2nc3ccccc3c3c2ccc2sc4ccccc4c23)cc1. The number of fused-ring (bicyclic) bond motifs is 7. The molecule has 132 valence electrons. The van der Waals surface area contributed by atoms with Gasteiger partial charge in [-0.15, -0.1) is 11.3 Å². The highest BCUT2D eigenvalue weighted by Crippen LogP contribution is 2.43. The summed E-state index contributed by atoms with van der Waals surface area (Å²) in [5.41, 5.74) is 3.21. The van der Waals surface area contributed by atoms with E-state index >= 15 is 0 Å². The van der Waals surface area contributed by atoms with Crippen LogP contribution in [0.5, 0.6) is 0 Å². The molecule has 0 saturated carbocycles. The molecule has 3 heteroatoms. The molecule has 0 N–H and O–H groups in total. The summed E-state index contributed by atoms with van der Waals surface area (Å²) in [6.45, 7) is 0. The second-order valence-corrected chi connectivity index (χ2v) is 8.94. The van der Waals surface area contributed by atoms with Gasteiger partial charge in [-0.1, -0.05) is 70.5 Å². The van der Waals surface area contributed by atoms with E-state index in [1.165, 1.54) is 36.3 Å². The maximum atomic E-state index is 5.06. The molecule has 2 aromatic heterocycles. The Bertz CT molecular complexity index is 1510. The molecule has 4 aromatic carbocycles. The first kappa shape index (κ1) is 16.2. The van der Waals surface area contributed by atoms with Crippen molar-refractivity contribution in [3.8, 4) is 11.3 Å². The number of para-hydroxylation sites is 1. The van der Waals surface area contributed by atoms with Gasteiger partial charge in [0.25, 0.3) is 0 Å². The number of nitrogens with zero attached hydrogens (tertiary/aromatic N) is 1. The summed E-state index contributed by atoms with van der Waals surface area (Å²) in [4.78, 5) is 5.06. The topological polar surface area (TPSA) is 12.9 Å². The number of rotatable bonds is 1. The summed E-state index contributed by atoms with van der Waals surface area (Å²) in [6, 6.07) is 30.1. The molecule has 0 aliphatic rings. The summed E-state index contributed by atoms with van der Waals surface area (Å²) >= 11 is 5.41. The third kappa shape index (κ3) is 2.33. The van der Waals surface area contributed by atoms with Crippen LogP contribution in [-0.4, -0.2) is 4.98 Å². The lowest BCUT2D eigenvalue weighted by atomic mass is 9.96. The van der Waals surface area contributed by atoms with E-state index in [1.54, 1.807) is 0 Å². The van der Waals surface area contributed by atoms with Crippen molar-refractivity contribution in [2.75, 3.05) is 0 Å². The first-order valence-electron chi connectivity index (χ1n) is 9.18. The number of hydrogen-bond acceptors (Lipinski definition) is 2. The van der Waals surface area contributed by atoms with Crippen molar-refractivity contribution in [2.45, 2.75) is 0 Å². The van der Waals surface area contributed by atoms with Gasteiger partial charge in [0.15, 0.2) is 0 Å². The highest BCUT2D eigenvalue weighted by Gasteiger charge is 2.15. The van der Waals surface area contributed by atoms with Gasteiger partial charge in [0.2, 0.25) is 0 Å². The molecule has 0 fully saturated rings. The number of benzene rings is 4. The fraction of sp³-hybridized carbons (Fsp3) is 0. The summed E-state index contributed by atoms with van der Waals surface area (Å²) in [5, 5.41) is 6.39. The number of pyridine rings is 1. The summed E-state index contributed by atoms with van der Waals surface area (Å²) in [6.07, 6.45) is 0. The molecule has 2 heterocycles. The van der Waals surface area contributed by atoms with E-state index in [2.05, 4.69) is 101 Å². The Morgan fingerprint density at radius 2 is 1.36 bits per heavy atom. The molecule has 6 rings (SSSR count). The third-order valence-electron chi connectivity index (χ3n) is 5.32. The maximum absolute atomic E-state index is 5.06. The first-order chi connectivity index (χ1) is 13.8. The zero-order chi connectivity index (χ0) is 18.7. The average Bonchev–Trinajstić information content (AvgIpc) is 3.12. The van der Waals surface area contributed by atoms with Crippen molar-refractivity contribution in [1.29, 1.82) is 0 Å². The average molecular weight is 440 g/mol. The molecule has 0 saturated heterocycles. The molecule has 0 spiro atoms. The van der Waals surface area contributed by atoms with E-state index in [1.807, 2.05) is 11.3 Å². The molecule has 0 bridgehead atoms. The van der Waals surface area contributed by atoms with E-state index in [0.29, 0.717) is 0 Å². The normalized spacial score (nSPS) is 11.8. The minimum Gasteiger partial charge on any atom is -0.247 e. The summed E-state index contributed by atoms with van der Waals surface area (Å²) in [5.74, 6) is 0. The second kappa shape index (κ2) is 6.13. The van der Waals surface area contributed by atoms with Gasteiger partial charge in [0, 0.05) is 46.4 Å². The number of aromatic nitrogens is 1. The van der Waals surface area contributed by atoms with Crippen molar-refractivity contribution in [2.24, 2.45) is 0 Å². The van der Waals surface area contributed by atoms with Gasteiger partial charge in [0.1, 0.15) is 0 Å². The first-order valence-corrected chi connectivity index (χ1v) is 10.8. The molecule has 0 atom stereocenters. The lowest BCUT2D eigenvalue weighted by molar-refractivity contribution is 1.43. The highest BCUT2D eigenvalue weighted by molar-refractivity contribution is 9.10. The van der Waals surface area contributed by atoms with Crippen LogP contribution in [0.4, 0.5) is 0 Å². The fourth-order valence-corrected chi connectivity index (χ4v) is 5.46. The van der Waals surface area contributed by atoms with Crippen LogP contribution in [-0.2, 0) is 0 Å². The van der Waals surface area contributed by atoms with Crippen LogP contribution in [0, 0.1) is 0 Å². The Balaban J connectivity index is 1.88. The van der Waals surface area contributed by atoms with E-state index in [-0.39, 0.29) is 0 Å². The van der Waals surface area contributed by atoms with Crippen molar-refractivity contribution < 1.29 is 0 Å². The fourth-order valence-electron chi connectivity index (χ4n) is 4.08. The zero-order valence-corrected chi connectivity index (χ0v) is 17.2. The highest BCUT2D eigenvalue weighted by atomic mass is 79.9. The Morgan fingerprint density at radius 3 is 2.21 bits per heavy atom. The van der Waals surface area contributed by atoms with Crippen LogP contribution in [0.3, 0.4) is 0 Å². The van der Waals surface area contributed by atoms with Crippen molar-refractivity contribution in [3.05, 3.63) is 89.4 Å². The predicted molar refractivity (Wildman–Crippen MR) is 125 cm³/mol. The van der Waals surface area contributed by atoms with Crippen LogP contribution in [0.15, 0.2) is 89.4 Å². The van der Waals surface area contributed by atoms with Gasteiger partial charge in [-0.25, -0.2) is 4.98 Å². The molecule has 0 amide bonds. The van der Waals surface area contributed by atoms with Crippen molar-refractivity contribution in [1.82, 2.24) is 4.98 Å². The molecule has 0 aliphatic carbocycles. The number of thiophene rings is 1. The van der Waals surface area contributed by atoms with Gasteiger partial charge >= 0.3 is 0 Å². The Labute approximate surface area is 174 Å². The Morgan fingerprint density at radius 1 is 0.607 bits per heavy atom. The number of hydrogen-bond donors (Lipinski definition) is 0. The summed E-state index contributed by atoms with van der Waals surface area (Å²) in [7, 11) is 0. The molecule has 1 nitrogen and oxygen atoms in total. The molecule has 28 heavy (non-hydrogen) atoms. The van der Waals surface area contributed by atoms with Crippen LogP contribution in [0.25, 0.3) is 53.1 Å². The molecular weight excluding hydrogens is 426 g/mol. The predicted octanol–water partition coefficient (Wildman–Crippen LogP) is 8.19. The number of halogens is 1. The third-order valence-corrected chi connectivity index (χ3v) is 6.99. The summed E-state index contributed by atoms with van der Waals surface area (Å²) < 4.78 is 3.73. The van der Waals surface area contributed by atoms with Gasteiger partial charge in [-0.2, -0.15) is 0 Å².